The molecule has 22 heavy (non-hydrogen) atoms. The van der Waals surface area contributed by atoms with Crippen LogP contribution >= 0.6 is 0 Å². The van der Waals surface area contributed by atoms with E-state index >= 15 is 0 Å². The zero-order valence-electron chi connectivity index (χ0n) is 13.7. The second kappa shape index (κ2) is 6.46. The van der Waals surface area contributed by atoms with Crippen molar-refractivity contribution in [3.63, 3.8) is 0 Å². The van der Waals surface area contributed by atoms with Gasteiger partial charge in [-0.3, -0.25) is 14.6 Å². The summed E-state index contributed by atoms with van der Waals surface area (Å²) in [7, 11) is 0. The van der Waals surface area contributed by atoms with E-state index < -0.39 is 5.60 Å². The van der Waals surface area contributed by atoms with Crippen LogP contribution < -0.4 is 0 Å². The average Bonchev–Trinajstić information content (AvgIpc) is 2.46. The summed E-state index contributed by atoms with van der Waals surface area (Å²) < 4.78 is 5.49. The molecule has 1 aliphatic rings. The molecule has 1 fully saturated rings. The molecule has 1 aromatic heterocycles. The van der Waals surface area contributed by atoms with Crippen molar-refractivity contribution in [3.05, 3.63) is 30.1 Å². The molecule has 0 bridgehead atoms. The fraction of sp³-hybridized carbons (Fsp3) is 0.588. The number of carbonyl (C=O) groups is 2. The lowest BCUT2D eigenvalue weighted by molar-refractivity contribution is -0.163. The summed E-state index contributed by atoms with van der Waals surface area (Å²) in [5.74, 6) is -0.564. The van der Waals surface area contributed by atoms with Crippen LogP contribution in [0.1, 0.15) is 50.9 Å². The molecule has 1 aliphatic heterocycles. The number of amides is 1. The fourth-order valence-corrected chi connectivity index (χ4v) is 2.78. The van der Waals surface area contributed by atoms with Gasteiger partial charge in [0.15, 0.2) is 0 Å². The second-order valence-corrected chi connectivity index (χ2v) is 6.76. The Hall–Kier alpha value is -1.91. The first-order valence-electron chi connectivity index (χ1n) is 7.73. The fourth-order valence-electron chi connectivity index (χ4n) is 2.78. The van der Waals surface area contributed by atoms with Gasteiger partial charge in [0, 0.05) is 25.0 Å². The van der Waals surface area contributed by atoms with Crippen molar-refractivity contribution in [2.45, 2.75) is 52.2 Å². The minimum absolute atomic E-state index is 0.0751. The Balaban J connectivity index is 2.11. The van der Waals surface area contributed by atoms with Gasteiger partial charge >= 0.3 is 5.97 Å². The normalized spacial score (nSPS) is 22.3. The van der Waals surface area contributed by atoms with Crippen molar-refractivity contribution in [1.82, 2.24) is 9.88 Å². The van der Waals surface area contributed by atoms with E-state index in [4.69, 9.17) is 4.74 Å². The molecule has 1 amide bonds. The minimum atomic E-state index is -0.508. The molecule has 2 rings (SSSR count). The van der Waals surface area contributed by atoms with Crippen LogP contribution in [0.5, 0.6) is 0 Å². The molecule has 0 aromatic carbocycles. The predicted octanol–water partition coefficient (Wildman–Crippen LogP) is 2.66. The van der Waals surface area contributed by atoms with Gasteiger partial charge in [-0.1, -0.05) is 0 Å². The molecule has 0 unspecified atom stereocenters. The topological polar surface area (TPSA) is 59.5 Å². The zero-order chi connectivity index (χ0) is 16.3. The van der Waals surface area contributed by atoms with E-state index in [2.05, 4.69) is 4.98 Å². The number of ether oxygens (including phenoxy) is 1. The number of piperidine rings is 1. The van der Waals surface area contributed by atoms with Gasteiger partial charge < -0.3 is 9.64 Å². The Labute approximate surface area is 131 Å². The summed E-state index contributed by atoms with van der Waals surface area (Å²) in [5, 5.41) is 0. The lowest BCUT2D eigenvalue weighted by atomic mass is 9.89. The highest BCUT2D eigenvalue weighted by molar-refractivity contribution is 5.94. The third-order valence-electron chi connectivity index (χ3n) is 3.87. The quantitative estimate of drug-likeness (QED) is 0.788. The highest BCUT2D eigenvalue weighted by atomic mass is 16.6. The van der Waals surface area contributed by atoms with Crippen molar-refractivity contribution in [3.8, 4) is 0 Å². The van der Waals surface area contributed by atoms with Crippen molar-refractivity contribution < 1.29 is 14.3 Å². The van der Waals surface area contributed by atoms with E-state index in [1.54, 1.807) is 29.4 Å². The molecule has 0 aliphatic carbocycles. The van der Waals surface area contributed by atoms with E-state index in [1.165, 1.54) is 0 Å². The Morgan fingerprint density at radius 1 is 1.36 bits per heavy atom. The molecule has 0 spiro atoms. The molecule has 0 radical (unpaired) electrons. The highest BCUT2D eigenvalue weighted by Gasteiger charge is 2.37. The minimum Gasteiger partial charge on any atom is -0.460 e. The largest absolute Gasteiger partial charge is 0.460 e. The lowest BCUT2D eigenvalue weighted by Crippen LogP contribution is -2.50. The number of carbonyl (C=O) groups excluding carboxylic acids is 2. The molecule has 1 saturated heterocycles. The standard InChI is InChI=1S/C17H24N2O3/c1-12-14(16(21)22-17(2,3)4)8-6-10-19(12)15(20)13-7-5-9-18-11-13/h5,7,9,11-12,14H,6,8,10H2,1-4H3/t12-,14-/m1/s1. The molecule has 5 nitrogen and oxygen atoms in total. The number of pyridine rings is 1. The van der Waals surface area contributed by atoms with Gasteiger partial charge in [-0.15, -0.1) is 0 Å². The van der Waals surface area contributed by atoms with Crippen LogP contribution in [0.15, 0.2) is 24.5 Å². The number of esters is 1. The summed E-state index contributed by atoms with van der Waals surface area (Å²) in [6.07, 6.45) is 4.76. The Bertz CT molecular complexity index is 537. The number of hydrogen-bond acceptors (Lipinski definition) is 4. The van der Waals surface area contributed by atoms with Gasteiger partial charge in [-0.25, -0.2) is 0 Å². The first-order chi connectivity index (χ1) is 10.3. The van der Waals surface area contributed by atoms with E-state index in [9.17, 15) is 9.59 Å². The monoisotopic (exact) mass is 304 g/mol. The van der Waals surface area contributed by atoms with Crippen LogP contribution in [0, 0.1) is 5.92 Å². The van der Waals surface area contributed by atoms with Crippen molar-refractivity contribution >= 4 is 11.9 Å². The summed E-state index contributed by atoms with van der Waals surface area (Å²) in [4.78, 5) is 30.7. The molecule has 2 atom stereocenters. The molecule has 120 valence electrons. The number of likely N-dealkylation sites (tertiary alicyclic amines) is 1. The second-order valence-electron chi connectivity index (χ2n) is 6.76. The maximum Gasteiger partial charge on any atom is 0.311 e. The van der Waals surface area contributed by atoms with Gasteiger partial charge in [-0.05, 0) is 52.7 Å². The highest BCUT2D eigenvalue weighted by Crippen LogP contribution is 2.27. The Morgan fingerprint density at radius 2 is 2.09 bits per heavy atom. The van der Waals surface area contributed by atoms with E-state index in [0.717, 1.165) is 12.8 Å². The van der Waals surface area contributed by atoms with E-state index in [-0.39, 0.29) is 23.8 Å². The number of nitrogens with zero attached hydrogens (tertiary/aromatic N) is 2. The SMILES string of the molecule is C[C@@H]1[C@H](C(=O)OC(C)(C)C)CCCN1C(=O)c1cccnc1. The summed E-state index contributed by atoms with van der Waals surface area (Å²) >= 11 is 0. The third-order valence-corrected chi connectivity index (χ3v) is 3.87. The first kappa shape index (κ1) is 16.5. The maximum absolute atomic E-state index is 12.6. The lowest BCUT2D eigenvalue weighted by Gasteiger charge is -2.39. The van der Waals surface area contributed by atoms with Crippen LogP contribution in [0.3, 0.4) is 0 Å². The van der Waals surface area contributed by atoms with Gasteiger partial charge in [0.05, 0.1) is 11.5 Å². The van der Waals surface area contributed by atoms with E-state index in [0.29, 0.717) is 12.1 Å². The van der Waals surface area contributed by atoms with Crippen LogP contribution in [0.4, 0.5) is 0 Å². The van der Waals surface area contributed by atoms with Gasteiger partial charge in [0.2, 0.25) is 0 Å². The third kappa shape index (κ3) is 3.84. The van der Waals surface area contributed by atoms with Crippen molar-refractivity contribution in [2.75, 3.05) is 6.54 Å². The number of rotatable bonds is 2. The van der Waals surface area contributed by atoms with E-state index in [1.807, 2.05) is 27.7 Å². The molecule has 1 aromatic rings. The van der Waals surface area contributed by atoms with Gasteiger partial charge in [0.25, 0.3) is 5.91 Å². The Kier molecular flexibility index (Phi) is 4.84. The molecule has 0 saturated carbocycles. The molecule has 2 heterocycles. The first-order valence-corrected chi connectivity index (χ1v) is 7.73. The maximum atomic E-state index is 12.6. The van der Waals surface area contributed by atoms with Crippen molar-refractivity contribution in [2.24, 2.45) is 5.92 Å². The summed E-state index contributed by atoms with van der Waals surface area (Å²) in [5.41, 5.74) is 0.0473. The van der Waals surface area contributed by atoms with Crippen LogP contribution in [0.25, 0.3) is 0 Å². The molecule has 5 heteroatoms. The molecular weight excluding hydrogens is 280 g/mol. The smallest absolute Gasteiger partial charge is 0.311 e. The predicted molar refractivity (Wildman–Crippen MR) is 83.3 cm³/mol. The van der Waals surface area contributed by atoms with Gasteiger partial charge in [0.1, 0.15) is 5.60 Å². The number of aromatic nitrogens is 1. The molecular formula is C17H24N2O3. The zero-order valence-corrected chi connectivity index (χ0v) is 13.7. The summed E-state index contributed by atoms with van der Waals surface area (Å²) in [6.45, 7) is 8.15. The number of hydrogen-bond donors (Lipinski definition) is 0. The molecule has 0 N–H and O–H groups in total. The van der Waals surface area contributed by atoms with Gasteiger partial charge in [-0.2, -0.15) is 0 Å². The Morgan fingerprint density at radius 3 is 2.68 bits per heavy atom. The average molecular weight is 304 g/mol. The van der Waals surface area contributed by atoms with Crippen LogP contribution in [0.2, 0.25) is 0 Å². The van der Waals surface area contributed by atoms with Crippen molar-refractivity contribution in [1.29, 1.82) is 0 Å². The summed E-state index contributed by atoms with van der Waals surface area (Å²) in [6, 6.07) is 3.32. The van der Waals surface area contributed by atoms with Crippen LogP contribution in [-0.4, -0.2) is 39.9 Å². The van der Waals surface area contributed by atoms with Crippen LogP contribution in [-0.2, 0) is 9.53 Å².